The van der Waals surface area contributed by atoms with Gasteiger partial charge in [0.15, 0.2) is 0 Å². The summed E-state index contributed by atoms with van der Waals surface area (Å²) < 4.78 is 5.15. The Morgan fingerprint density at radius 2 is 2.29 bits per heavy atom. The number of phenolic OH excluding ortho intramolecular Hbond substituents is 1. The molecule has 0 aliphatic carbocycles. The minimum atomic E-state index is 0.395. The van der Waals surface area contributed by atoms with Gasteiger partial charge in [-0.15, -0.1) is 0 Å². The van der Waals surface area contributed by atoms with Gasteiger partial charge in [0.1, 0.15) is 5.75 Å². The first-order valence-corrected chi connectivity index (χ1v) is 5.22. The van der Waals surface area contributed by atoms with E-state index in [1.807, 2.05) is 12.1 Å². The van der Waals surface area contributed by atoms with Crippen molar-refractivity contribution in [2.75, 3.05) is 6.61 Å². The smallest absolute Gasteiger partial charge is 0.119 e. The molecule has 1 aliphatic heterocycles. The van der Waals surface area contributed by atoms with Gasteiger partial charge in [0.25, 0.3) is 0 Å². The lowest BCUT2D eigenvalue weighted by molar-refractivity contribution is 0.407. The highest BCUT2D eigenvalue weighted by atomic mass is 16.6. The van der Waals surface area contributed by atoms with E-state index in [1.54, 1.807) is 0 Å². The molecule has 2 rings (SSSR count). The third kappa shape index (κ3) is 2.26. The van der Waals surface area contributed by atoms with Gasteiger partial charge in [-0.25, -0.2) is 0 Å². The summed E-state index contributed by atoms with van der Waals surface area (Å²) in [6.45, 7) is 2.99. The van der Waals surface area contributed by atoms with Crippen molar-refractivity contribution in [3.8, 4) is 5.75 Å². The normalized spacial score (nSPS) is 19.6. The molecule has 1 aliphatic rings. The van der Waals surface area contributed by atoms with E-state index in [1.165, 1.54) is 5.56 Å². The minimum absolute atomic E-state index is 0.395. The topological polar surface area (TPSA) is 32.8 Å². The molecule has 0 aromatic heterocycles. The summed E-state index contributed by atoms with van der Waals surface area (Å²) in [6.07, 6.45) is 3.34. The molecule has 1 fully saturated rings. The van der Waals surface area contributed by atoms with E-state index in [2.05, 4.69) is 13.0 Å². The van der Waals surface area contributed by atoms with E-state index in [4.69, 9.17) is 4.74 Å². The van der Waals surface area contributed by atoms with Crippen LogP contribution in [-0.4, -0.2) is 17.8 Å². The predicted molar refractivity (Wildman–Crippen MR) is 55.5 cm³/mol. The molecule has 2 nitrogen and oxygen atoms in total. The van der Waals surface area contributed by atoms with Crippen molar-refractivity contribution in [3.05, 3.63) is 29.3 Å². The van der Waals surface area contributed by atoms with Crippen molar-refractivity contribution < 1.29 is 9.84 Å². The molecule has 1 heterocycles. The zero-order chi connectivity index (χ0) is 9.97. The summed E-state index contributed by atoms with van der Waals surface area (Å²) >= 11 is 0. The minimum Gasteiger partial charge on any atom is -0.508 e. The quantitative estimate of drug-likeness (QED) is 0.742. The lowest BCUT2D eigenvalue weighted by Crippen LogP contribution is -1.94. The maximum absolute atomic E-state index is 9.71. The van der Waals surface area contributed by atoms with E-state index in [-0.39, 0.29) is 0 Å². The van der Waals surface area contributed by atoms with Crippen molar-refractivity contribution >= 4 is 0 Å². The van der Waals surface area contributed by atoms with Crippen LogP contribution in [0.15, 0.2) is 18.2 Å². The highest BCUT2D eigenvalue weighted by Gasteiger charge is 2.22. The Morgan fingerprint density at radius 1 is 1.50 bits per heavy atom. The molecule has 1 saturated heterocycles. The highest BCUT2D eigenvalue weighted by Crippen LogP contribution is 2.23. The Balaban J connectivity index is 2.08. The number of hydrogen-bond acceptors (Lipinski definition) is 2. The van der Waals surface area contributed by atoms with E-state index < -0.39 is 0 Å². The Kier molecular flexibility index (Phi) is 2.73. The van der Waals surface area contributed by atoms with Crippen LogP contribution in [-0.2, 0) is 17.6 Å². The average molecular weight is 192 g/mol. The highest BCUT2D eigenvalue weighted by molar-refractivity contribution is 5.36. The summed E-state index contributed by atoms with van der Waals surface area (Å²) in [6, 6.07) is 5.98. The Labute approximate surface area is 84.5 Å². The average Bonchev–Trinajstić information content (AvgIpc) is 2.94. The summed E-state index contributed by atoms with van der Waals surface area (Å²) in [5, 5.41) is 9.71. The maximum atomic E-state index is 9.71. The number of aryl methyl sites for hydroxylation is 1. The number of aromatic hydroxyl groups is 1. The van der Waals surface area contributed by atoms with E-state index in [9.17, 15) is 5.11 Å². The van der Waals surface area contributed by atoms with Gasteiger partial charge in [0.05, 0.1) is 12.7 Å². The molecular formula is C12H16O2. The number of epoxide rings is 1. The first-order valence-electron chi connectivity index (χ1n) is 5.22. The van der Waals surface area contributed by atoms with Gasteiger partial charge in [0.2, 0.25) is 0 Å². The molecule has 0 amide bonds. The molecule has 0 saturated carbocycles. The third-order valence-corrected chi connectivity index (χ3v) is 2.53. The van der Waals surface area contributed by atoms with Crippen LogP contribution in [0, 0.1) is 0 Å². The van der Waals surface area contributed by atoms with Crippen LogP contribution in [0.5, 0.6) is 5.75 Å². The number of hydrogen-bond donors (Lipinski definition) is 1. The molecule has 1 aromatic carbocycles. The van der Waals surface area contributed by atoms with Crippen LogP contribution < -0.4 is 0 Å². The zero-order valence-corrected chi connectivity index (χ0v) is 8.49. The largest absolute Gasteiger partial charge is 0.508 e. The van der Waals surface area contributed by atoms with Crippen molar-refractivity contribution in [1.82, 2.24) is 0 Å². The molecule has 0 bridgehead atoms. The van der Waals surface area contributed by atoms with Gasteiger partial charge in [-0.3, -0.25) is 0 Å². The van der Waals surface area contributed by atoms with Crippen LogP contribution in [0.2, 0.25) is 0 Å². The van der Waals surface area contributed by atoms with Gasteiger partial charge in [-0.2, -0.15) is 0 Å². The summed E-state index contributed by atoms with van der Waals surface area (Å²) in [7, 11) is 0. The monoisotopic (exact) mass is 192 g/mol. The maximum Gasteiger partial charge on any atom is 0.119 e. The Morgan fingerprint density at radius 3 is 2.86 bits per heavy atom. The number of benzene rings is 1. The molecule has 1 N–H and O–H groups in total. The van der Waals surface area contributed by atoms with Crippen LogP contribution >= 0.6 is 0 Å². The summed E-state index contributed by atoms with van der Waals surface area (Å²) in [5.41, 5.74) is 2.22. The zero-order valence-electron chi connectivity index (χ0n) is 8.49. The van der Waals surface area contributed by atoms with E-state index in [0.29, 0.717) is 11.9 Å². The fourth-order valence-electron chi connectivity index (χ4n) is 1.67. The molecule has 0 spiro atoms. The predicted octanol–water partition coefficient (Wildman–Crippen LogP) is 2.29. The molecule has 1 atom stereocenters. The van der Waals surface area contributed by atoms with Crippen molar-refractivity contribution in [3.63, 3.8) is 0 Å². The Bertz CT molecular complexity index is 316. The second-order valence-electron chi connectivity index (χ2n) is 3.87. The fourth-order valence-corrected chi connectivity index (χ4v) is 1.67. The number of phenols is 1. The standard InChI is InChI=1S/C12H16O2/c1-2-3-10-5-4-9(7-12(10)13)6-11-8-14-11/h4-5,7,11,13H,2-3,6,8H2,1H3. The molecule has 14 heavy (non-hydrogen) atoms. The van der Waals surface area contributed by atoms with Gasteiger partial charge in [-0.1, -0.05) is 25.5 Å². The van der Waals surface area contributed by atoms with Crippen molar-refractivity contribution in [1.29, 1.82) is 0 Å². The summed E-state index contributed by atoms with van der Waals surface area (Å²) in [5.74, 6) is 0.435. The number of ether oxygens (including phenoxy) is 1. The molecule has 76 valence electrons. The first-order chi connectivity index (χ1) is 6.79. The molecule has 2 heteroatoms. The van der Waals surface area contributed by atoms with Crippen LogP contribution in [0.1, 0.15) is 24.5 Å². The van der Waals surface area contributed by atoms with Crippen molar-refractivity contribution in [2.24, 2.45) is 0 Å². The van der Waals surface area contributed by atoms with Crippen molar-refractivity contribution in [2.45, 2.75) is 32.3 Å². The molecular weight excluding hydrogens is 176 g/mol. The van der Waals surface area contributed by atoms with Gasteiger partial charge in [0, 0.05) is 6.42 Å². The van der Waals surface area contributed by atoms with E-state index >= 15 is 0 Å². The van der Waals surface area contributed by atoms with E-state index in [0.717, 1.165) is 31.4 Å². The van der Waals surface area contributed by atoms with Crippen LogP contribution in [0.25, 0.3) is 0 Å². The van der Waals surface area contributed by atoms with Crippen LogP contribution in [0.3, 0.4) is 0 Å². The lowest BCUT2D eigenvalue weighted by atomic mass is 10.0. The molecule has 1 aromatic rings. The van der Waals surface area contributed by atoms with Crippen LogP contribution in [0.4, 0.5) is 0 Å². The molecule has 1 unspecified atom stereocenters. The van der Waals surface area contributed by atoms with Gasteiger partial charge < -0.3 is 9.84 Å². The Hall–Kier alpha value is -1.02. The SMILES string of the molecule is CCCc1ccc(CC2CO2)cc1O. The lowest BCUT2D eigenvalue weighted by Gasteiger charge is -2.05. The number of rotatable bonds is 4. The van der Waals surface area contributed by atoms with Gasteiger partial charge >= 0.3 is 0 Å². The summed E-state index contributed by atoms with van der Waals surface area (Å²) in [4.78, 5) is 0. The second kappa shape index (κ2) is 4.01. The third-order valence-electron chi connectivity index (χ3n) is 2.53. The molecule has 0 radical (unpaired) electrons. The first kappa shape index (κ1) is 9.53. The fraction of sp³-hybridized carbons (Fsp3) is 0.500. The second-order valence-corrected chi connectivity index (χ2v) is 3.87. The van der Waals surface area contributed by atoms with Gasteiger partial charge in [-0.05, 0) is 23.6 Å².